The topological polar surface area (TPSA) is 105 Å². The fourth-order valence-corrected chi connectivity index (χ4v) is 6.00. The maximum absolute atomic E-state index is 13.2. The summed E-state index contributed by atoms with van der Waals surface area (Å²) in [6, 6.07) is 17.4. The molecule has 36 heavy (non-hydrogen) atoms. The van der Waals surface area contributed by atoms with Crippen molar-refractivity contribution in [1.29, 1.82) is 0 Å². The monoisotopic (exact) mass is 548 g/mol. The molecule has 0 spiro atoms. The number of benzene rings is 3. The van der Waals surface area contributed by atoms with Crippen molar-refractivity contribution < 1.29 is 23.1 Å². The summed E-state index contributed by atoms with van der Waals surface area (Å²) in [5.74, 6) is 0.0410. The molecule has 3 N–H and O–H groups in total. The molecule has 3 aromatic rings. The molecule has 7 nitrogen and oxygen atoms in total. The van der Waals surface area contributed by atoms with Crippen LogP contribution in [0.15, 0.2) is 71.6 Å². The summed E-state index contributed by atoms with van der Waals surface area (Å²) in [6.07, 6.45) is -0.594. The van der Waals surface area contributed by atoms with E-state index < -0.39 is 27.8 Å². The zero-order chi connectivity index (χ0) is 26.1. The van der Waals surface area contributed by atoms with Gasteiger partial charge in [0.1, 0.15) is 17.5 Å². The van der Waals surface area contributed by atoms with Crippen LogP contribution in [0.2, 0.25) is 10.0 Å². The van der Waals surface area contributed by atoms with Crippen LogP contribution in [0.25, 0.3) is 0 Å². The molecule has 1 aliphatic heterocycles. The molecule has 4 rings (SSSR count). The van der Waals surface area contributed by atoms with Crippen molar-refractivity contribution in [3.63, 3.8) is 0 Å². The summed E-state index contributed by atoms with van der Waals surface area (Å²) >= 11 is 12.0. The Morgan fingerprint density at radius 3 is 2.36 bits per heavy atom. The Morgan fingerprint density at radius 2 is 1.69 bits per heavy atom. The van der Waals surface area contributed by atoms with Gasteiger partial charge in [0, 0.05) is 27.7 Å². The Balaban J connectivity index is 1.60. The summed E-state index contributed by atoms with van der Waals surface area (Å²) < 4.78 is 34.9. The molecule has 190 valence electrons. The van der Waals surface area contributed by atoms with Crippen molar-refractivity contribution in [2.24, 2.45) is 0 Å². The number of hydrogen-bond acceptors (Lipinski definition) is 5. The first-order chi connectivity index (χ1) is 17.0. The summed E-state index contributed by atoms with van der Waals surface area (Å²) in [7, 11) is -4.14. The lowest BCUT2D eigenvalue weighted by molar-refractivity contribution is -0.0603. The zero-order valence-corrected chi connectivity index (χ0v) is 22.0. The zero-order valence-electron chi connectivity index (χ0n) is 19.7. The SMILES string of the molecule is CC1(C)Oc2ccc(C(=O)NCCc3ccccc3)cc2[C@@H](NS(=O)(=O)c2cc(Cl)cc(Cl)c2)[C@@H]1O. The fraction of sp³-hybridized carbons (Fsp3) is 0.269. The molecule has 0 aliphatic carbocycles. The predicted octanol–water partition coefficient (Wildman–Crippen LogP) is 4.52. The van der Waals surface area contributed by atoms with Crippen LogP contribution in [0.3, 0.4) is 0 Å². The van der Waals surface area contributed by atoms with Gasteiger partial charge in [-0.15, -0.1) is 0 Å². The third-order valence-electron chi connectivity index (χ3n) is 5.98. The number of fused-ring (bicyclic) bond motifs is 1. The van der Waals surface area contributed by atoms with Crippen LogP contribution in [-0.4, -0.2) is 37.7 Å². The standard InChI is InChI=1S/C26H26Cl2N2O5S/c1-26(2)24(31)23(30-36(33,34)20-14-18(27)13-19(28)15-20)21-12-17(8-9-22(21)35-26)25(32)29-11-10-16-6-4-3-5-7-16/h3-9,12-15,23-24,30-31H,10-11H2,1-2H3,(H,29,32)/t23-,24+/m1/s1. The fourth-order valence-electron chi connectivity index (χ4n) is 4.05. The van der Waals surface area contributed by atoms with E-state index in [-0.39, 0.29) is 20.8 Å². The van der Waals surface area contributed by atoms with Gasteiger partial charge in [0.05, 0.1) is 10.9 Å². The molecule has 1 amide bonds. The predicted molar refractivity (Wildman–Crippen MR) is 139 cm³/mol. The summed E-state index contributed by atoms with van der Waals surface area (Å²) in [6.45, 7) is 3.74. The molecule has 2 atom stereocenters. The number of amides is 1. The first-order valence-electron chi connectivity index (χ1n) is 11.3. The van der Waals surface area contributed by atoms with Crippen LogP contribution in [0.5, 0.6) is 5.75 Å². The largest absolute Gasteiger partial charge is 0.485 e. The van der Waals surface area contributed by atoms with Crippen molar-refractivity contribution in [2.75, 3.05) is 6.54 Å². The minimum absolute atomic E-state index is 0.146. The molecule has 1 heterocycles. The van der Waals surface area contributed by atoms with Gasteiger partial charge in [0.2, 0.25) is 10.0 Å². The minimum Gasteiger partial charge on any atom is -0.485 e. The van der Waals surface area contributed by atoms with E-state index in [1.165, 1.54) is 24.3 Å². The lowest BCUT2D eigenvalue weighted by Gasteiger charge is -2.42. The number of carbonyl (C=O) groups excluding carboxylic acids is 1. The van der Waals surface area contributed by atoms with E-state index in [2.05, 4.69) is 10.0 Å². The molecular weight excluding hydrogens is 523 g/mol. The number of rotatable bonds is 7. The van der Waals surface area contributed by atoms with Crippen molar-refractivity contribution in [3.8, 4) is 5.75 Å². The van der Waals surface area contributed by atoms with Crippen molar-refractivity contribution in [2.45, 2.75) is 42.9 Å². The second-order valence-corrected chi connectivity index (χ2v) is 11.7. The van der Waals surface area contributed by atoms with Crippen LogP contribution >= 0.6 is 23.2 Å². The number of nitrogens with one attached hydrogen (secondary N) is 2. The Morgan fingerprint density at radius 1 is 1.03 bits per heavy atom. The quantitative estimate of drug-likeness (QED) is 0.402. The van der Waals surface area contributed by atoms with E-state index in [0.717, 1.165) is 5.56 Å². The van der Waals surface area contributed by atoms with Gasteiger partial charge in [-0.25, -0.2) is 13.1 Å². The van der Waals surface area contributed by atoms with E-state index in [1.54, 1.807) is 26.0 Å². The highest BCUT2D eigenvalue weighted by molar-refractivity contribution is 7.89. The number of hydrogen-bond donors (Lipinski definition) is 3. The molecule has 3 aromatic carbocycles. The number of halogens is 2. The number of aliphatic hydroxyl groups is 1. The summed E-state index contributed by atoms with van der Waals surface area (Å²) in [5.41, 5.74) is 0.644. The van der Waals surface area contributed by atoms with Crippen LogP contribution in [0.1, 0.15) is 41.4 Å². The number of carbonyl (C=O) groups is 1. The minimum atomic E-state index is -4.14. The van der Waals surface area contributed by atoms with Gasteiger partial charge in [-0.1, -0.05) is 53.5 Å². The summed E-state index contributed by atoms with van der Waals surface area (Å²) in [4.78, 5) is 12.7. The van der Waals surface area contributed by atoms with Crippen LogP contribution in [0, 0.1) is 0 Å². The van der Waals surface area contributed by atoms with Crippen molar-refractivity contribution in [3.05, 3.63) is 93.5 Å². The van der Waals surface area contributed by atoms with E-state index >= 15 is 0 Å². The highest BCUT2D eigenvalue weighted by Crippen LogP contribution is 2.41. The molecular formula is C26H26Cl2N2O5S. The van der Waals surface area contributed by atoms with Gasteiger partial charge in [0.15, 0.2) is 0 Å². The molecule has 0 aromatic heterocycles. The molecule has 0 saturated heterocycles. The Labute approximate surface area is 220 Å². The van der Waals surface area contributed by atoms with Gasteiger partial charge in [-0.2, -0.15) is 0 Å². The third-order valence-corrected chi connectivity index (χ3v) is 7.84. The van der Waals surface area contributed by atoms with Crippen LogP contribution in [0.4, 0.5) is 0 Å². The van der Waals surface area contributed by atoms with Gasteiger partial charge < -0.3 is 15.2 Å². The summed E-state index contributed by atoms with van der Waals surface area (Å²) in [5, 5.41) is 14.2. The second kappa shape index (κ2) is 10.4. The average Bonchev–Trinajstić information content (AvgIpc) is 2.81. The molecule has 0 saturated carbocycles. The van der Waals surface area contributed by atoms with E-state index in [4.69, 9.17) is 27.9 Å². The van der Waals surface area contributed by atoms with E-state index in [0.29, 0.717) is 29.8 Å². The molecule has 10 heteroatoms. The first-order valence-corrected chi connectivity index (χ1v) is 13.5. The highest BCUT2D eigenvalue weighted by atomic mass is 35.5. The lowest BCUT2D eigenvalue weighted by Crippen LogP contribution is -2.53. The highest BCUT2D eigenvalue weighted by Gasteiger charge is 2.45. The van der Waals surface area contributed by atoms with Gasteiger partial charge in [-0.3, -0.25) is 4.79 Å². The van der Waals surface area contributed by atoms with Gasteiger partial charge in [-0.05, 0) is 62.2 Å². The number of aliphatic hydroxyl groups excluding tert-OH is 1. The number of sulfonamides is 1. The third kappa shape index (κ3) is 5.85. The Kier molecular flexibility index (Phi) is 7.64. The lowest BCUT2D eigenvalue weighted by atomic mass is 9.86. The van der Waals surface area contributed by atoms with E-state index in [9.17, 15) is 18.3 Å². The van der Waals surface area contributed by atoms with Crippen molar-refractivity contribution >= 4 is 39.1 Å². The Bertz CT molecular complexity index is 1360. The van der Waals surface area contributed by atoms with Crippen LogP contribution < -0.4 is 14.8 Å². The maximum Gasteiger partial charge on any atom is 0.251 e. The molecule has 0 radical (unpaired) electrons. The molecule has 0 fully saturated rings. The van der Waals surface area contributed by atoms with Gasteiger partial charge in [0.25, 0.3) is 5.91 Å². The molecule has 0 unspecified atom stereocenters. The first kappa shape index (κ1) is 26.4. The number of ether oxygens (including phenoxy) is 1. The van der Waals surface area contributed by atoms with Gasteiger partial charge >= 0.3 is 0 Å². The second-order valence-electron chi connectivity index (χ2n) is 9.10. The Hall–Kier alpha value is -2.62. The molecule has 1 aliphatic rings. The maximum atomic E-state index is 13.2. The molecule has 0 bridgehead atoms. The normalized spacial score (nSPS) is 18.7. The van der Waals surface area contributed by atoms with Crippen LogP contribution in [-0.2, 0) is 16.4 Å². The van der Waals surface area contributed by atoms with E-state index in [1.807, 2.05) is 30.3 Å². The smallest absolute Gasteiger partial charge is 0.251 e. The van der Waals surface area contributed by atoms with Crippen molar-refractivity contribution in [1.82, 2.24) is 10.0 Å². The average molecular weight is 549 g/mol.